The summed E-state index contributed by atoms with van der Waals surface area (Å²) < 4.78 is 10.4. The summed E-state index contributed by atoms with van der Waals surface area (Å²) in [6.07, 6.45) is 3.02. The lowest BCUT2D eigenvalue weighted by atomic mass is 9.96. The van der Waals surface area contributed by atoms with E-state index in [2.05, 4.69) is 11.9 Å². The molecule has 1 saturated heterocycles. The maximum Gasteiger partial charge on any atom is 0.253 e. The molecule has 0 unspecified atom stereocenters. The van der Waals surface area contributed by atoms with Gasteiger partial charge in [0.15, 0.2) is 11.5 Å². The fourth-order valence-electron chi connectivity index (χ4n) is 2.81. The topological polar surface area (TPSA) is 67.9 Å². The molecule has 24 heavy (non-hydrogen) atoms. The highest BCUT2D eigenvalue weighted by molar-refractivity contribution is 5.95. The summed E-state index contributed by atoms with van der Waals surface area (Å²) in [4.78, 5) is 25.7. The Labute approximate surface area is 142 Å². The second kappa shape index (κ2) is 8.38. The monoisotopic (exact) mass is 332 g/mol. The van der Waals surface area contributed by atoms with Gasteiger partial charge in [-0.15, -0.1) is 0 Å². The Balaban J connectivity index is 1.93. The summed E-state index contributed by atoms with van der Waals surface area (Å²) in [5, 5.41) is 2.81. The number of ether oxygens (including phenoxy) is 2. The minimum absolute atomic E-state index is 0.00969. The number of nitrogens with zero attached hydrogens (tertiary/aromatic N) is 1. The molecule has 1 aromatic carbocycles. The minimum atomic E-state index is -0.154. The van der Waals surface area contributed by atoms with Gasteiger partial charge in [-0.3, -0.25) is 9.59 Å². The van der Waals surface area contributed by atoms with Crippen molar-refractivity contribution in [3.8, 4) is 11.5 Å². The van der Waals surface area contributed by atoms with Crippen LogP contribution in [0.25, 0.3) is 0 Å². The number of nitrogens with one attached hydrogen (secondary N) is 1. The molecule has 0 atom stereocenters. The number of methoxy groups -OCH3 is 2. The fraction of sp³-hybridized carbons (Fsp3) is 0.444. The molecule has 1 aliphatic heterocycles. The van der Waals surface area contributed by atoms with Crippen molar-refractivity contribution in [2.75, 3.05) is 33.9 Å². The Kier molecular flexibility index (Phi) is 6.23. The van der Waals surface area contributed by atoms with Gasteiger partial charge in [-0.2, -0.15) is 0 Å². The van der Waals surface area contributed by atoms with Gasteiger partial charge < -0.3 is 19.7 Å². The molecule has 1 fully saturated rings. The number of carbonyl (C=O) groups excluding carboxylic acids is 2. The molecule has 0 radical (unpaired) electrons. The van der Waals surface area contributed by atoms with Crippen molar-refractivity contribution >= 4 is 11.8 Å². The van der Waals surface area contributed by atoms with Crippen LogP contribution in [0, 0.1) is 5.92 Å². The fourth-order valence-corrected chi connectivity index (χ4v) is 2.81. The van der Waals surface area contributed by atoms with E-state index in [1.807, 2.05) is 4.90 Å². The Morgan fingerprint density at radius 2 is 1.92 bits per heavy atom. The first kappa shape index (κ1) is 17.8. The van der Waals surface area contributed by atoms with Gasteiger partial charge in [0.05, 0.1) is 14.2 Å². The number of hydrogen-bond acceptors (Lipinski definition) is 4. The van der Waals surface area contributed by atoms with E-state index in [0.29, 0.717) is 42.6 Å². The van der Waals surface area contributed by atoms with Crippen LogP contribution in [0.5, 0.6) is 11.5 Å². The van der Waals surface area contributed by atoms with Gasteiger partial charge in [-0.1, -0.05) is 6.58 Å². The molecule has 1 aromatic rings. The molecule has 130 valence electrons. The third-order valence-electron chi connectivity index (χ3n) is 4.28. The van der Waals surface area contributed by atoms with Gasteiger partial charge in [0.25, 0.3) is 5.91 Å². The molecule has 6 heteroatoms. The molecule has 6 nitrogen and oxygen atoms in total. The minimum Gasteiger partial charge on any atom is -0.493 e. The van der Waals surface area contributed by atoms with Crippen molar-refractivity contribution in [1.29, 1.82) is 0 Å². The lowest BCUT2D eigenvalue weighted by molar-refractivity contribution is -0.116. The maximum atomic E-state index is 12.6. The van der Waals surface area contributed by atoms with E-state index >= 15 is 0 Å². The zero-order valence-corrected chi connectivity index (χ0v) is 14.2. The summed E-state index contributed by atoms with van der Waals surface area (Å²) >= 11 is 0. The van der Waals surface area contributed by atoms with Crippen LogP contribution < -0.4 is 14.8 Å². The van der Waals surface area contributed by atoms with Gasteiger partial charge >= 0.3 is 0 Å². The van der Waals surface area contributed by atoms with Gasteiger partial charge in [0.2, 0.25) is 5.91 Å². The number of benzene rings is 1. The van der Waals surface area contributed by atoms with Gasteiger partial charge in [0, 0.05) is 25.2 Å². The molecule has 0 bridgehead atoms. The third kappa shape index (κ3) is 4.28. The SMILES string of the molecule is C=CC(=O)NCC1CCN(C(=O)c2ccc(OC)c(OC)c2)CC1. The van der Waals surface area contributed by atoms with E-state index in [4.69, 9.17) is 9.47 Å². The zero-order chi connectivity index (χ0) is 17.5. The molecule has 2 rings (SSSR count). The quantitative estimate of drug-likeness (QED) is 0.808. The average Bonchev–Trinajstić information content (AvgIpc) is 2.65. The second-order valence-electron chi connectivity index (χ2n) is 5.75. The molecule has 0 aliphatic carbocycles. The molecule has 0 saturated carbocycles. The molecule has 0 aromatic heterocycles. The largest absolute Gasteiger partial charge is 0.493 e. The van der Waals surface area contributed by atoms with Crippen molar-refractivity contribution in [2.24, 2.45) is 5.92 Å². The Morgan fingerprint density at radius 3 is 2.50 bits per heavy atom. The molecule has 1 N–H and O–H groups in total. The smallest absolute Gasteiger partial charge is 0.253 e. The Hall–Kier alpha value is -2.50. The third-order valence-corrected chi connectivity index (χ3v) is 4.28. The van der Waals surface area contributed by atoms with Crippen molar-refractivity contribution in [3.63, 3.8) is 0 Å². The van der Waals surface area contributed by atoms with Crippen LogP contribution in [0.3, 0.4) is 0 Å². The van der Waals surface area contributed by atoms with Gasteiger partial charge in [-0.05, 0) is 43.0 Å². The summed E-state index contributed by atoms with van der Waals surface area (Å²) in [6.45, 7) is 5.43. The predicted molar refractivity (Wildman–Crippen MR) is 91.4 cm³/mol. The van der Waals surface area contributed by atoms with E-state index in [-0.39, 0.29) is 11.8 Å². The molecule has 2 amide bonds. The number of carbonyl (C=O) groups is 2. The normalized spacial score (nSPS) is 14.8. The molecular formula is C18H24N2O4. The lowest BCUT2D eigenvalue weighted by Gasteiger charge is -2.32. The van der Waals surface area contributed by atoms with Gasteiger partial charge in [0.1, 0.15) is 0 Å². The van der Waals surface area contributed by atoms with E-state index < -0.39 is 0 Å². The molecular weight excluding hydrogens is 308 g/mol. The molecule has 1 heterocycles. The van der Waals surface area contributed by atoms with E-state index in [0.717, 1.165) is 12.8 Å². The Bertz CT molecular complexity index is 607. The second-order valence-corrected chi connectivity index (χ2v) is 5.75. The molecule has 0 spiro atoms. The number of likely N-dealkylation sites (tertiary alicyclic amines) is 1. The summed E-state index contributed by atoms with van der Waals surface area (Å²) in [7, 11) is 3.12. The first-order chi connectivity index (χ1) is 11.6. The average molecular weight is 332 g/mol. The summed E-state index contributed by atoms with van der Waals surface area (Å²) in [5.74, 6) is 1.38. The first-order valence-corrected chi connectivity index (χ1v) is 8.00. The maximum absolute atomic E-state index is 12.6. The predicted octanol–water partition coefficient (Wildman–Crippen LogP) is 1.86. The molecule has 1 aliphatic rings. The number of rotatable bonds is 6. The van der Waals surface area contributed by atoms with Crippen molar-refractivity contribution in [1.82, 2.24) is 10.2 Å². The summed E-state index contributed by atoms with van der Waals surface area (Å²) in [5.41, 5.74) is 0.589. The van der Waals surface area contributed by atoms with Crippen LogP contribution in [0.4, 0.5) is 0 Å². The van der Waals surface area contributed by atoms with Crippen LogP contribution in [0.1, 0.15) is 23.2 Å². The number of piperidine rings is 1. The van der Waals surface area contributed by atoms with Gasteiger partial charge in [-0.25, -0.2) is 0 Å². The highest BCUT2D eigenvalue weighted by Gasteiger charge is 2.24. The summed E-state index contributed by atoms with van der Waals surface area (Å²) in [6, 6.07) is 5.20. The van der Waals surface area contributed by atoms with E-state index in [1.54, 1.807) is 32.4 Å². The highest BCUT2D eigenvalue weighted by Crippen LogP contribution is 2.28. The zero-order valence-electron chi connectivity index (χ0n) is 14.2. The van der Waals surface area contributed by atoms with Crippen molar-refractivity contribution in [3.05, 3.63) is 36.4 Å². The van der Waals surface area contributed by atoms with Crippen LogP contribution in [-0.4, -0.2) is 50.6 Å². The Morgan fingerprint density at radius 1 is 1.25 bits per heavy atom. The van der Waals surface area contributed by atoms with Crippen LogP contribution in [0.2, 0.25) is 0 Å². The van der Waals surface area contributed by atoms with Crippen LogP contribution >= 0.6 is 0 Å². The standard InChI is InChI=1S/C18H24N2O4/c1-4-17(21)19-12-13-7-9-20(10-8-13)18(22)14-5-6-15(23-2)16(11-14)24-3/h4-6,11,13H,1,7-10,12H2,2-3H3,(H,19,21). The number of hydrogen-bond donors (Lipinski definition) is 1. The highest BCUT2D eigenvalue weighted by atomic mass is 16.5. The van der Waals surface area contributed by atoms with E-state index in [9.17, 15) is 9.59 Å². The van der Waals surface area contributed by atoms with Crippen LogP contribution in [0.15, 0.2) is 30.9 Å². The van der Waals surface area contributed by atoms with Crippen molar-refractivity contribution < 1.29 is 19.1 Å². The van der Waals surface area contributed by atoms with Crippen LogP contribution in [-0.2, 0) is 4.79 Å². The van der Waals surface area contributed by atoms with Crippen molar-refractivity contribution in [2.45, 2.75) is 12.8 Å². The van der Waals surface area contributed by atoms with E-state index in [1.165, 1.54) is 6.08 Å². The number of amides is 2. The lowest BCUT2D eigenvalue weighted by Crippen LogP contribution is -2.41. The first-order valence-electron chi connectivity index (χ1n) is 8.00.